The molecular formula is C20H21N3O. The normalized spacial score (nSPS) is 16.4. The molecule has 0 saturated carbocycles. The molecule has 1 fully saturated rings. The number of anilines is 1. The van der Waals surface area contributed by atoms with Gasteiger partial charge in [-0.25, -0.2) is 0 Å². The van der Waals surface area contributed by atoms with Crippen molar-refractivity contribution < 1.29 is 4.79 Å². The van der Waals surface area contributed by atoms with Crippen molar-refractivity contribution in [2.75, 3.05) is 37.6 Å². The van der Waals surface area contributed by atoms with Crippen molar-refractivity contribution in [3.05, 3.63) is 66.2 Å². The third-order valence-electron chi connectivity index (χ3n) is 4.46. The predicted octanol–water partition coefficient (Wildman–Crippen LogP) is 2.69. The molecule has 0 amide bonds. The fourth-order valence-electron chi connectivity index (χ4n) is 3.09. The van der Waals surface area contributed by atoms with Gasteiger partial charge in [-0.1, -0.05) is 48.5 Å². The summed E-state index contributed by atoms with van der Waals surface area (Å²) < 4.78 is 0. The highest BCUT2D eigenvalue weighted by atomic mass is 16.1. The van der Waals surface area contributed by atoms with Crippen LogP contribution in [0.25, 0.3) is 0 Å². The molecule has 0 N–H and O–H groups in total. The van der Waals surface area contributed by atoms with Gasteiger partial charge in [-0.2, -0.15) is 5.26 Å². The standard InChI is InChI=1S/C20H21N3O/c21-15-19(17-7-3-1-4-8-17)20(24)16-22-11-13-23(14-12-22)18-9-5-2-6-10-18/h1-10,19H,11-14,16H2/t19-/m0/s1. The molecule has 1 saturated heterocycles. The summed E-state index contributed by atoms with van der Waals surface area (Å²) in [5.41, 5.74) is 2.01. The summed E-state index contributed by atoms with van der Waals surface area (Å²) in [6.45, 7) is 3.83. The summed E-state index contributed by atoms with van der Waals surface area (Å²) in [6, 6.07) is 21.8. The number of carbonyl (C=O) groups is 1. The number of benzene rings is 2. The first kappa shape index (κ1) is 16.2. The second-order valence-corrected chi connectivity index (χ2v) is 6.04. The van der Waals surface area contributed by atoms with Crippen molar-refractivity contribution in [1.29, 1.82) is 5.26 Å². The maximum Gasteiger partial charge on any atom is 0.168 e. The van der Waals surface area contributed by atoms with Gasteiger partial charge in [0.15, 0.2) is 5.78 Å². The van der Waals surface area contributed by atoms with Gasteiger partial charge in [-0.3, -0.25) is 9.69 Å². The van der Waals surface area contributed by atoms with Crippen LogP contribution in [-0.2, 0) is 4.79 Å². The lowest BCUT2D eigenvalue weighted by Gasteiger charge is -2.36. The zero-order valence-electron chi connectivity index (χ0n) is 13.6. The van der Waals surface area contributed by atoms with Gasteiger partial charge >= 0.3 is 0 Å². The summed E-state index contributed by atoms with van der Waals surface area (Å²) in [5, 5.41) is 9.37. The Kier molecular flexibility index (Phi) is 5.25. The molecule has 2 aromatic carbocycles. The van der Waals surface area contributed by atoms with Crippen LogP contribution < -0.4 is 4.90 Å². The summed E-state index contributed by atoms with van der Waals surface area (Å²) >= 11 is 0. The van der Waals surface area contributed by atoms with E-state index in [4.69, 9.17) is 0 Å². The second-order valence-electron chi connectivity index (χ2n) is 6.04. The van der Waals surface area contributed by atoms with Crippen LogP contribution in [0.3, 0.4) is 0 Å². The van der Waals surface area contributed by atoms with Gasteiger partial charge in [0.25, 0.3) is 0 Å². The van der Waals surface area contributed by atoms with Crippen LogP contribution in [0.2, 0.25) is 0 Å². The number of Topliss-reactive ketones (excluding diaryl/α,β-unsaturated/α-hetero) is 1. The molecule has 4 nitrogen and oxygen atoms in total. The average molecular weight is 319 g/mol. The Bertz CT molecular complexity index is 701. The van der Waals surface area contributed by atoms with E-state index < -0.39 is 5.92 Å². The maximum atomic E-state index is 12.5. The number of hydrogen-bond acceptors (Lipinski definition) is 4. The van der Waals surface area contributed by atoms with Crippen molar-refractivity contribution in [3.63, 3.8) is 0 Å². The highest BCUT2D eigenvalue weighted by molar-refractivity contribution is 5.90. The molecule has 0 aliphatic carbocycles. The monoisotopic (exact) mass is 319 g/mol. The van der Waals surface area contributed by atoms with Crippen molar-refractivity contribution in [1.82, 2.24) is 4.90 Å². The van der Waals surface area contributed by atoms with E-state index in [9.17, 15) is 10.1 Å². The first-order chi connectivity index (χ1) is 11.8. The maximum absolute atomic E-state index is 12.5. The molecule has 4 heteroatoms. The molecule has 0 unspecified atom stereocenters. The van der Waals surface area contributed by atoms with E-state index in [0.29, 0.717) is 6.54 Å². The number of hydrogen-bond donors (Lipinski definition) is 0. The largest absolute Gasteiger partial charge is 0.369 e. The molecule has 122 valence electrons. The van der Waals surface area contributed by atoms with Crippen LogP contribution >= 0.6 is 0 Å². The van der Waals surface area contributed by atoms with E-state index in [2.05, 4.69) is 28.0 Å². The van der Waals surface area contributed by atoms with E-state index in [1.165, 1.54) is 5.69 Å². The minimum absolute atomic E-state index is 0.0168. The second kappa shape index (κ2) is 7.76. The van der Waals surface area contributed by atoms with E-state index in [0.717, 1.165) is 31.7 Å². The van der Waals surface area contributed by atoms with E-state index >= 15 is 0 Å². The predicted molar refractivity (Wildman–Crippen MR) is 94.9 cm³/mol. The number of para-hydroxylation sites is 1. The van der Waals surface area contributed by atoms with Gasteiger partial charge in [0, 0.05) is 31.9 Å². The molecule has 1 atom stereocenters. The van der Waals surface area contributed by atoms with E-state index in [1.54, 1.807) is 0 Å². The van der Waals surface area contributed by atoms with Crippen LogP contribution in [-0.4, -0.2) is 43.4 Å². The number of ketones is 1. The lowest BCUT2D eigenvalue weighted by atomic mass is 9.96. The summed E-state index contributed by atoms with van der Waals surface area (Å²) in [5.74, 6) is -0.685. The Morgan fingerprint density at radius 1 is 0.958 bits per heavy atom. The zero-order chi connectivity index (χ0) is 16.8. The minimum Gasteiger partial charge on any atom is -0.369 e. The molecule has 24 heavy (non-hydrogen) atoms. The molecule has 1 aliphatic heterocycles. The molecule has 0 spiro atoms. The molecule has 1 aliphatic rings. The van der Waals surface area contributed by atoms with E-state index in [1.807, 2.05) is 48.5 Å². The van der Waals surface area contributed by atoms with Crippen molar-refractivity contribution in [3.8, 4) is 6.07 Å². The highest BCUT2D eigenvalue weighted by Crippen LogP contribution is 2.18. The van der Waals surface area contributed by atoms with Crippen molar-refractivity contribution >= 4 is 11.5 Å². The highest BCUT2D eigenvalue weighted by Gasteiger charge is 2.24. The molecule has 0 radical (unpaired) electrons. The molecule has 0 aromatic heterocycles. The Balaban J connectivity index is 1.56. The van der Waals surface area contributed by atoms with Crippen molar-refractivity contribution in [2.45, 2.75) is 5.92 Å². The molecular weight excluding hydrogens is 298 g/mol. The average Bonchev–Trinajstić information content (AvgIpc) is 2.64. The summed E-state index contributed by atoms with van der Waals surface area (Å²) in [7, 11) is 0. The molecule has 3 rings (SSSR count). The SMILES string of the molecule is N#C[C@H](C(=O)CN1CCN(c2ccccc2)CC1)c1ccccc1. The minimum atomic E-state index is -0.668. The first-order valence-corrected chi connectivity index (χ1v) is 8.27. The van der Waals surface area contributed by atoms with Crippen LogP contribution in [0.15, 0.2) is 60.7 Å². The number of rotatable bonds is 5. The zero-order valence-corrected chi connectivity index (χ0v) is 13.6. The third kappa shape index (κ3) is 3.81. The summed E-state index contributed by atoms with van der Waals surface area (Å²) in [6.07, 6.45) is 0. The number of nitrogens with zero attached hydrogens (tertiary/aromatic N) is 3. The quantitative estimate of drug-likeness (QED) is 0.850. The van der Waals surface area contributed by atoms with Gasteiger partial charge in [0.05, 0.1) is 12.6 Å². The van der Waals surface area contributed by atoms with Crippen LogP contribution in [0.4, 0.5) is 5.69 Å². The van der Waals surface area contributed by atoms with Gasteiger partial charge in [0.2, 0.25) is 0 Å². The van der Waals surface area contributed by atoms with Crippen LogP contribution in [0.5, 0.6) is 0 Å². The smallest absolute Gasteiger partial charge is 0.168 e. The lowest BCUT2D eigenvalue weighted by Crippen LogP contribution is -2.48. The Labute approximate surface area is 142 Å². The Hall–Kier alpha value is -2.64. The first-order valence-electron chi connectivity index (χ1n) is 8.27. The molecule has 1 heterocycles. The fourth-order valence-corrected chi connectivity index (χ4v) is 3.09. The molecule has 2 aromatic rings. The molecule has 0 bridgehead atoms. The fraction of sp³-hybridized carbons (Fsp3) is 0.300. The Morgan fingerprint density at radius 2 is 1.54 bits per heavy atom. The number of nitriles is 1. The summed E-state index contributed by atoms with van der Waals surface area (Å²) in [4.78, 5) is 17.0. The van der Waals surface area contributed by atoms with E-state index in [-0.39, 0.29) is 5.78 Å². The van der Waals surface area contributed by atoms with Crippen LogP contribution in [0, 0.1) is 11.3 Å². The third-order valence-corrected chi connectivity index (χ3v) is 4.46. The van der Waals surface area contributed by atoms with Gasteiger partial charge in [-0.05, 0) is 17.7 Å². The Morgan fingerprint density at radius 3 is 2.12 bits per heavy atom. The van der Waals surface area contributed by atoms with Gasteiger partial charge in [-0.15, -0.1) is 0 Å². The van der Waals surface area contributed by atoms with Crippen LogP contribution in [0.1, 0.15) is 11.5 Å². The number of piperazine rings is 1. The lowest BCUT2D eigenvalue weighted by molar-refractivity contribution is -0.120. The van der Waals surface area contributed by atoms with Gasteiger partial charge < -0.3 is 4.90 Å². The number of carbonyl (C=O) groups excluding carboxylic acids is 1. The van der Waals surface area contributed by atoms with Crippen molar-refractivity contribution in [2.24, 2.45) is 0 Å². The topological polar surface area (TPSA) is 47.3 Å². The van der Waals surface area contributed by atoms with Gasteiger partial charge in [0.1, 0.15) is 5.92 Å².